The van der Waals surface area contributed by atoms with Gasteiger partial charge in [-0.15, -0.1) is 0 Å². The fraction of sp³-hybridized carbons (Fsp3) is 0.438. The summed E-state index contributed by atoms with van der Waals surface area (Å²) >= 11 is 0. The Morgan fingerprint density at radius 3 is 2.84 bits per heavy atom. The van der Waals surface area contributed by atoms with Gasteiger partial charge >= 0.3 is 0 Å². The first-order valence-electron chi connectivity index (χ1n) is 6.93. The van der Waals surface area contributed by atoms with Crippen molar-refractivity contribution in [3.05, 3.63) is 42.0 Å². The number of ether oxygens (including phenoxy) is 1. The highest BCUT2D eigenvalue weighted by atomic mass is 16.5. The monoisotopic (exact) mass is 259 g/mol. The van der Waals surface area contributed by atoms with Gasteiger partial charge in [-0.2, -0.15) is 0 Å². The van der Waals surface area contributed by atoms with Crippen LogP contribution in [-0.4, -0.2) is 25.7 Å². The molecule has 0 aliphatic heterocycles. The van der Waals surface area contributed by atoms with Gasteiger partial charge in [-0.25, -0.2) is 0 Å². The fourth-order valence-electron chi connectivity index (χ4n) is 1.72. The lowest BCUT2D eigenvalue weighted by molar-refractivity contribution is -0.116. The van der Waals surface area contributed by atoms with E-state index in [2.05, 4.69) is 5.32 Å². The van der Waals surface area contributed by atoms with Crippen molar-refractivity contribution >= 4 is 12.0 Å². The molecule has 2 rings (SSSR count). The number of amides is 1. The number of carbonyl (C=O) groups excluding carboxylic acids is 1. The molecular formula is C16H21NO2. The molecular weight excluding hydrogens is 238 g/mol. The van der Waals surface area contributed by atoms with Crippen molar-refractivity contribution in [2.75, 3.05) is 19.8 Å². The number of benzene rings is 1. The van der Waals surface area contributed by atoms with Crippen molar-refractivity contribution in [3.8, 4) is 0 Å². The van der Waals surface area contributed by atoms with E-state index in [0.29, 0.717) is 6.54 Å². The van der Waals surface area contributed by atoms with Crippen molar-refractivity contribution in [2.24, 2.45) is 5.92 Å². The van der Waals surface area contributed by atoms with Crippen molar-refractivity contribution in [1.82, 2.24) is 5.32 Å². The molecule has 102 valence electrons. The van der Waals surface area contributed by atoms with E-state index in [-0.39, 0.29) is 5.91 Å². The van der Waals surface area contributed by atoms with Crippen molar-refractivity contribution in [2.45, 2.75) is 19.3 Å². The maximum Gasteiger partial charge on any atom is 0.244 e. The van der Waals surface area contributed by atoms with E-state index in [1.807, 2.05) is 36.4 Å². The first-order valence-corrected chi connectivity index (χ1v) is 6.93. The van der Waals surface area contributed by atoms with Gasteiger partial charge in [-0.05, 0) is 36.8 Å². The highest BCUT2D eigenvalue weighted by molar-refractivity contribution is 5.91. The van der Waals surface area contributed by atoms with Gasteiger partial charge in [0.2, 0.25) is 5.91 Å². The van der Waals surface area contributed by atoms with Crippen LogP contribution in [0.5, 0.6) is 0 Å². The molecule has 0 aromatic heterocycles. The maximum absolute atomic E-state index is 11.5. The second-order valence-electron chi connectivity index (χ2n) is 4.91. The molecule has 1 aromatic carbocycles. The van der Waals surface area contributed by atoms with Crippen LogP contribution in [0.1, 0.15) is 24.8 Å². The molecule has 0 heterocycles. The fourth-order valence-corrected chi connectivity index (χ4v) is 1.72. The van der Waals surface area contributed by atoms with E-state index >= 15 is 0 Å². The molecule has 3 nitrogen and oxygen atoms in total. The summed E-state index contributed by atoms with van der Waals surface area (Å²) in [7, 11) is 0. The summed E-state index contributed by atoms with van der Waals surface area (Å²) in [6.45, 7) is 2.30. The SMILES string of the molecule is O=C(/C=C/c1ccccc1)NCCCOCC1CC1. The highest BCUT2D eigenvalue weighted by Gasteiger charge is 2.20. The third-order valence-corrected chi connectivity index (χ3v) is 3.04. The van der Waals surface area contributed by atoms with Gasteiger partial charge in [0.05, 0.1) is 0 Å². The minimum atomic E-state index is -0.0500. The average Bonchev–Trinajstić information content (AvgIpc) is 3.26. The van der Waals surface area contributed by atoms with Crippen LogP contribution in [0.25, 0.3) is 6.08 Å². The Morgan fingerprint density at radius 2 is 2.11 bits per heavy atom. The van der Waals surface area contributed by atoms with Gasteiger partial charge in [0.25, 0.3) is 0 Å². The molecule has 1 aliphatic rings. The van der Waals surface area contributed by atoms with Crippen molar-refractivity contribution in [1.29, 1.82) is 0 Å². The lowest BCUT2D eigenvalue weighted by Crippen LogP contribution is -2.23. The summed E-state index contributed by atoms with van der Waals surface area (Å²) in [5.74, 6) is 0.759. The summed E-state index contributed by atoms with van der Waals surface area (Å²) in [6, 6.07) is 9.80. The molecule has 3 heteroatoms. The Labute approximate surface area is 114 Å². The number of hydrogen-bond donors (Lipinski definition) is 1. The molecule has 19 heavy (non-hydrogen) atoms. The molecule has 0 saturated heterocycles. The summed E-state index contributed by atoms with van der Waals surface area (Å²) in [5, 5.41) is 2.85. The molecule has 0 atom stereocenters. The summed E-state index contributed by atoms with van der Waals surface area (Å²) in [5.41, 5.74) is 1.03. The summed E-state index contributed by atoms with van der Waals surface area (Å²) in [6.07, 6.45) is 6.90. The largest absolute Gasteiger partial charge is 0.381 e. The Hall–Kier alpha value is -1.61. The van der Waals surface area contributed by atoms with Gasteiger partial charge in [-0.1, -0.05) is 30.3 Å². The molecule has 0 unspecified atom stereocenters. The zero-order chi connectivity index (χ0) is 13.3. The van der Waals surface area contributed by atoms with Crippen LogP contribution >= 0.6 is 0 Å². The zero-order valence-corrected chi connectivity index (χ0v) is 11.2. The zero-order valence-electron chi connectivity index (χ0n) is 11.2. The van der Waals surface area contributed by atoms with E-state index in [1.54, 1.807) is 6.08 Å². The second kappa shape index (κ2) is 7.74. The minimum absolute atomic E-state index is 0.0500. The number of nitrogens with one attached hydrogen (secondary N) is 1. The van der Waals surface area contributed by atoms with Gasteiger partial charge in [-0.3, -0.25) is 4.79 Å². The van der Waals surface area contributed by atoms with Crippen LogP contribution in [0, 0.1) is 5.92 Å². The number of carbonyl (C=O) groups is 1. The molecule has 0 bridgehead atoms. The quantitative estimate of drug-likeness (QED) is 0.575. The molecule has 1 N–H and O–H groups in total. The van der Waals surface area contributed by atoms with E-state index in [1.165, 1.54) is 12.8 Å². The smallest absolute Gasteiger partial charge is 0.244 e. The summed E-state index contributed by atoms with van der Waals surface area (Å²) in [4.78, 5) is 11.5. The Morgan fingerprint density at radius 1 is 1.32 bits per heavy atom. The number of hydrogen-bond acceptors (Lipinski definition) is 2. The minimum Gasteiger partial charge on any atom is -0.381 e. The van der Waals surface area contributed by atoms with E-state index < -0.39 is 0 Å². The Kier molecular flexibility index (Phi) is 5.63. The lowest BCUT2D eigenvalue weighted by atomic mass is 10.2. The molecule has 1 aliphatic carbocycles. The van der Waals surface area contributed by atoms with Crippen molar-refractivity contribution < 1.29 is 9.53 Å². The first kappa shape index (κ1) is 13.8. The second-order valence-corrected chi connectivity index (χ2v) is 4.91. The molecule has 1 aromatic rings. The van der Waals surface area contributed by atoms with E-state index in [4.69, 9.17) is 4.74 Å². The topological polar surface area (TPSA) is 38.3 Å². The van der Waals surface area contributed by atoms with Crippen LogP contribution in [0.2, 0.25) is 0 Å². The summed E-state index contributed by atoms with van der Waals surface area (Å²) < 4.78 is 5.50. The Bertz CT molecular complexity index is 410. The third-order valence-electron chi connectivity index (χ3n) is 3.04. The van der Waals surface area contributed by atoms with Crippen LogP contribution in [0.15, 0.2) is 36.4 Å². The van der Waals surface area contributed by atoms with E-state index in [0.717, 1.165) is 31.1 Å². The number of rotatable bonds is 8. The molecule has 1 saturated carbocycles. The lowest BCUT2D eigenvalue weighted by Gasteiger charge is -2.03. The van der Waals surface area contributed by atoms with Gasteiger partial charge < -0.3 is 10.1 Å². The van der Waals surface area contributed by atoms with Gasteiger partial charge in [0.1, 0.15) is 0 Å². The van der Waals surface area contributed by atoms with Crippen LogP contribution in [0.3, 0.4) is 0 Å². The molecule has 1 fully saturated rings. The van der Waals surface area contributed by atoms with Gasteiger partial charge in [0, 0.05) is 25.8 Å². The van der Waals surface area contributed by atoms with Crippen LogP contribution in [0.4, 0.5) is 0 Å². The van der Waals surface area contributed by atoms with Crippen LogP contribution in [-0.2, 0) is 9.53 Å². The first-order chi connectivity index (χ1) is 9.34. The predicted molar refractivity (Wildman–Crippen MR) is 76.6 cm³/mol. The maximum atomic E-state index is 11.5. The predicted octanol–water partition coefficient (Wildman–Crippen LogP) is 2.63. The van der Waals surface area contributed by atoms with Crippen LogP contribution < -0.4 is 5.32 Å². The van der Waals surface area contributed by atoms with E-state index in [9.17, 15) is 4.79 Å². The molecule has 0 radical (unpaired) electrons. The molecule has 1 amide bonds. The molecule has 0 spiro atoms. The van der Waals surface area contributed by atoms with Crippen molar-refractivity contribution in [3.63, 3.8) is 0 Å². The van der Waals surface area contributed by atoms with Gasteiger partial charge in [0.15, 0.2) is 0 Å². The highest BCUT2D eigenvalue weighted by Crippen LogP contribution is 2.28. The normalized spacial score (nSPS) is 14.7. The third kappa shape index (κ3) is 6.20. The Balaban J connectivity index is 1.52. The average molecular weight is 259 g/mol. The standard InChI is InChI=1S/C16H21NO2/c18-16(10-9-14-5-2-1-3-6-14)17-11-4-12-19-13-15-7-8-15/h1-3,5-6,9-10,15H,4,7-8,11-13H2,(H,17,18)/b10-9+.